The molecule has 0 bridgehead atoms. The van der Waals surface area contributed by atoms with Crippen LogP contribution < -0.4 is 15.5 Å². The Morgan fingerprint density at radius 2 is 1.76 bits per heavy atom. The number of carbonyl (C=O) groups is 2. The monoisotopic (exact) mass is 469 g/mol. The van der Waals surface area contributed by atoms with Crippen molar-refractivity contribution in [1.29, 1.82) is 0 Å². The lowest BCUT2D eigenvalue weighted by Crippen LogP contribution is -2.49. The van der Waals surface area contributed by atoms with Gasteiger partial charge in [0.2, 0.25) is 0 Å². The van der Waals surface area contributed by atoms with Crippen LogP contribution in [0.25, 0.3) is 0 Å². The van der Waals surface area contributed by atoms with Gasteiger partial charge in [-0.2, -0.15) is 0 Å². The van der Waals surface area contributed by atoms with Gasteiger partial charge in [0, 0.05) is 62.7 Å². The number of hydrogen-bond acceptors (Lipinski definition) is 5. The van der Waals surface area contributed by atoms with E-state index in [1.807, 2.05) is 13.0 Å². The van der Waals surface area contributed by atoms with E-state index in [1.165, 1.54) is 16.8 Å². The zero-order valence-corrected chi connectivity index (χ0v) is 20.3. The highest BCUT2D eigenvalue weighted by molar-refractivity contribution is 6.40. The van der Waals surface area contributed by atoms with E-state index in [1.54, 1.807) is 12.1 Å². The summed E-state index contributed by atoms with van der Waals surface area (Å²) < 4.78 is 0. The van der Waals surface area contributed by atoms with Gasteiger partial charge in [-0.1, -0.05) is 29.8 Å². The third-order valence-corrected chi connectivity index (χ3v) is 6.94. The number of nitrogens with zero attached hydrogens (tertiary/aromatic N) is 3. The summed E-state index contributed by atoms with van der Waals surface area (Å²) in [7, 11) is 4.24. The normalized spacial score (nSPS) is 17.5. The lowest BCUT2D eigenvalue weighted by atomic mass is 10.00. The smallest absolute Gasteiger partial charge is 0.313 e. The van der Waals surface area contributed by atoms with Crippen LogP contribution in [0.3, 0.4) is 0 Å². The summed E-state index contributed by atoms with van der Waals surface area (Å²) in [5, 5.41) is 6.06. The largest absolute Gasteiger partial charge is 0.374 e. The van der Waals surface area contributed by atoms with E-state index in [2.05, 4.69) is 57.6 Å². The average Bonchev–Trinajstić information content (AvgIpc) is 3.17. The van der Waals surface area contributed by atoms with Crippen molar-refractivity contribution in [2.45, 2.75) is 19.4 Å². The van der Waals surface area contributed by atoms with Crippen molar-refractivity contribution in [3.8, 4) is 0 Å². The molecule has 2 aliphatic rings. The molecule has 1 fully saturated rings. The number of aryl methyl sites for hydroxylation is 1. The number of anilines is 2. The molecule has 2 amide bonds. The highest BCUT2D eigenvalue weighted by atomic mass is 35.5. The Morgan fingerprint density at radius 3 is 2.52 bits per heavy atom. The van der Waals surface area contributed by atoms with E-state index >= 15 is 0 Å². The summed E-state index contributed by atoms with van der Waals surface area (Å²) in [6, 6.07) is 11.8. The predicted molar refractivity (Wildman–Crippen MR) is 133 cm³/mol. The Bertz CT molecular complexity index is 1040. The SMILES string of the molecule is Cc1ccc(Cl)cc1NC(=O)C(=O)NC[C@H](c1ccc2c(c1)CCN2C)N1CCN(C)CC1. The number of piperazine rings is 1. The van der Waals surface area contributed by atoms with Crippen molar-refractivity contribution in [1.82, 2.24) is 15.1 Å². The Labute approximate surface area is 200 Å². The molecule has 2 aromatic rings. The molecule has 0 radical (unpaired) electrons. The lowest BCUT2D eigenvalue weighted by molar-refractivity contribution is -0.136. The fourth-order valence-corrected chi connectivity index (χ4v) is 4.74. The summed E-state index contributed by atoms with van der Waals surface area (Å²) in [6.45, 7) is 7.05. The van der Waals surface area contributed by atoms with Crippen LogP contribution in [-0.2, 0) is 16.0 Å². The summed E-state index contributed by atoms with van der Waals surface area (Å²) in [5.74, 6) is -1.33. The van der Waals surface area contributed by atoms with Gasteiger partial charge in [0.1, 0.15) is 0 Å². The predicted octanol–water partition coefficient (Wildman–Crippen LogP) is 2.68. The van der Waals surface area contributed by atoms with Crippen molar-refractivity contribution >= 4 is 34.8 Å². The summed E-state index contributed by atoms with van der Waals surface area (Å²) in [4.78, 5) is 32.2. The molecule has 1 atom stereocenters. The molecule has 2 aliphatic heterocycles. The molecule has 2 heterocycles. The topological polar surface area (TPSA) is 67.9 Å². The van der Waals surface area contributed by atoms with E-state index < -0.39 is 11.8 Å². The second-order valence-corrected chi connectivity index (χ2v) is 9.47. The summed E-state index contributed by atoms with van der Waals surface area (Å²) in [6.07, 6.45) is 1.03. The fourth-order valence-electron chi connectivity index (χ4n) is 4.56. The average molecular weight is 470 g/mol. The zero-order valence-electron chi connectivity index (χ0n) is 19.5. The Kier molecular flexibility index (Phi) is 7.22. The minimum atomic E-state index is -0.687. The number of likely N-dealkylation sites (N-methyl/N-ethyl adjacent to an activating group) is 2. The van der Waals surface area contributed by atoms with Crippen molar-refractivity contribution in [2.24, 2.45) is 0 Å². The number of fused-ring (bicyclic) bond motifs is 1. The van der Waals surface area contributed by atoms with Gasteiger partial charge < -0.3 is 20.4 Å². The van der Waals surface area contributed by atoms with Crippen LogP contribution in [0.4, 0.5) is 11.4 Å². The quantitative estimate of drug-likeness (QED) is 0.659. The van der Waals surface area contributed by atoms with E-state index in [0.29, 0.717) is 17.3 Å². The number of carbonyl (C=O) groups excluding carboxylic acids is 2. The number of benzene rings is 2. The van der Waals surface area contributed by atoms with E-state index in [4.69, 9.17) is 11.6 Å². The minimum absolute atomic E-state index is 0.0135. The van der Waals surface area contributed by atoms with Gasteiger partial charge in [-0.15, -0.1) is 0 Å². The van der Waals surface area contributed by atoms with Crippen molar-refractivity contribution < 1.29 is 9.59 Å². The molecule has 7 nitrogen and oxygen atoms in total. The second-order valence-electron chi connectivity index (χ2n) is 9.04. The maximum atomic E-state index is 12.7. The molecule has 0 saturated carbocycles. The van der Waals surface area contributed by atoms with E-state index in [9.17, 15) is 9.59 Å². The Balaban J connectivity index is 1.46. The van der Waals surface area contributed by atoms with Crippen LogP contribution in [0.2, 0.25) is 5.02 Å². The van der Waals surface area contributed by atoms with Crippen LogP contribution in [-0.4, -0.2) is 75.0 Å². The van der Waals surface area contributed by atoms with Crippen LogP contribution >= 0.6 is 11.6 Å². The molecule has 33 heavy (non-hydrogen) atoms. The first-order valence-corrected chi connectivity index (χ1v) is 11.8. The van der Waals surface area contributed by atoms with Gasteiger partial charge in [0.05, 0.1) is 6.04 Å². The summed E-state index contributed by atoms with van der Waals surface area (Å²) >= 11 is 6.03. The summed E-state index contributed by atoms with van der Waals surface area (Å²) in [5.41, 5.74) is 5.19. The molecule has 2 aromatic carbocycles. The Hall–Kier alpha value is -2.61. The van der Waals surface area contributed by atoms with Crippen molar-refractivity contribution in [2.75, 3.05) is 63.6 Å². The molecular weight excluding hydrogens is 438 g/mol. The minimum Gasteiger partial charge on any atom is -0.374 e. The van der Waals surface area contributed by atoms with Gasteiger partial charge >= 0.3 is 11.8 Å². The lowest BCUT2D eigenvalue weighted by Gasteiger charge is -2.38. The number of hydrogen-bond donors (Lipinski definition) is 2. The molecule has 8 heteroatoms. The third kappa shape index (κ3) is 5.49. The van der Waals surface area contributed by atoms with Crippen LogP contribution in [0.15, 0.2) is 36.4 Å². The molecule has 0 aromatic heterocycles. The number of rotatable bonds is 5. The first kappa shape index (κ1) is 23.5. The fraction of sp³-hybridized carbons (Fsp3) is 0.440. The standard InChI is InChI=1S/C25H32ClN5O2/c1-17-4-6-20(26)15-21(17)28-25(33)24(32)27-16-23(31-12-10-29(2)11-13-31)18-5-7-22-19(14-18)8-9-30(22)3/h4-7,14-15,23H,8-13,16H2,1-3H3,(H,27,32)(H,28,33)/t23-/m1/s1. The highest BCUT2D eigenvalue weighted by Gasteiger charge is 2.27. The number of nitrogens with one attached hydrogen (secondary N) is 2. The first-order chi connectivity index (χ1) is 15.8. The van der Waals surface area contributed by atoms with E-state index in [-0.39, 0.29) is 6.04 Å². The molecule has 0 unspecified atom stereocenters. The number of halogens is 1. The van der Waals surface area contributed by atoms with Crippen molar-refractivity contribution in [3.05, 3.63) is 58.1 Å². The number of amides is 2. The maximum absolute atomic E-state index is 12.7. The van der Waals surface area contributed by atoms with Crippen LogP contribution in [0.1, 0.15) is 22.7 Å². The van der Waals surface area contributed by atoms with Gasteiger partial charge in [0.25, 0.3) is 0 Å². The van der Waals surface area contributed by atoms with Gasteiger partial charge in [0.15, 0.2) is 0 Å². The van der Waals surface area contributed by atoms with Gasteiger partial charge in [-0.3, -0.25) is 14.5 Å². The van der Waals surface area contributed by atoms with Crippen LogP contribution in [0.5, 0.6) is 0 Å². The maximum Gasteiger partial charge on any atom is 0.313 e. The van der Waals surface area contributed by atoms with Crippen molar-refractivity contribution in [3.63, 3.8) is 0 Å². The molecule has 176 valence electrons. The zero-order chi connectivity index (χ0) is 23.5. The highest BCUT2D eigenvalue weighted by Crippen LogP contribution is 2.31. The molecule has 0 spiro atoms. The molecule has 0 aliphatic carbocycles. The van der Waals surface area contributed by atoms with Gasteiger partial charge in [-0.05, 0) is 55.3 Å². The molecule has 4 rings (SSSR count). The Morgan fingerprint density at radius 1 is 1.00 bits per heavy atom. The van der Waals surface area contributed by atoms with Crippen LogP contribution in [0, 0.1) is 6.92 Å². The second kappa shape index (κ2) is 10.1. The molecular formula is C25H32ClN5O2. The third-order valence-electron chi connectivity index (χ3n) is 6.70. The van der Waals surface area contributed by atoms with E-state index in [0.717, 1.165) is 44.7 Å². The molecule has 1 saturated heterocycles. The molecule has 2 N–H and O–H groups in total. The van der Waals surface area contributed by atoms with Gasteiger partial charge in [-0.25, -0.2) is 0 Å². The first-order valence-electron chi connectivity index (χ1n) is 11.4.